The molecule has 0 radical (unpaired) electrons. The number of rotatable bonds is 13. The predicted molar refractivity (Wildman–Crippen MR) is 138 cm³/mol. The van der Waals surface area contributed by atoms with Crippen molar-refractivity contribution in [2.24, 2.45) is 0 Å². The van der Waals surface area contributed by atoms with Gasteiger partial charge in [-0.15, -0.1) is 10.2 Å². The molecule has 3 rings (SSSR count). The van der Waals surface area contributed by atoms with E-state index in [1.54, 1.807) is 30.6 Å². The Morgan fingerprint density at radius 3 is 2.19 bits per heavy atom. The van der Waals surface area contributed by atoms with Crippen molar-refractivity contribution in [1.29, 1.82) is 0 Å². The van der Waals surface area contributed by atoms with Gasteiger partial charge in [-0.25, -0.2) is 18.4 Å². The molecule has 0 aliphatic rings. The first-order chi connectivity index (χ1) is 17.6. The highest BCUT2D eigenvalue weighted by Crippen LogP contribution is 2.36. The molecular formula is C24H34N6O6S. The summed E-state index contributed by atoms with van der Waals surface area (Å²) in [4.78, 5) is 8.62. The number of hydrogen-bond donors (Lipinski definition) is 1. The number of para-hydroxylation sites is 1. The molecule has 0 aliphatic carbocycles. The van der Waals surface area contributed by atoms with E-state index in [-0.39, 0.29) is 24.5 Å². The zero-order valence-electron chi connectivity index (χ0n) is 22.1. The highest BCUT2D eigenvalue weighted by atomic mass is 32.2. The van der Waals surface area contributed by atoms with Crippen LogP contribution in [-0.2, 0) is 26.1 Å². The number of anilines is 1. The molecule has 0 bridgehead atoms. The molecule has 0 fully saturated rings. The lowest BCUT2D eigenvalue weighted by molar-refractivity contribution is 0.00152. The molecule has 202 valence electrons. The maximum absolute atomic E-state index is 13.7. The highest BCUT2D eigenvalue weighted by molar-refractivity contribution is 7.93. The van der Waals surface area contributed by atoms with Gasteiger partial charge in [0.15, 0.2) is 11.6 Å². The molecule has 0 saturated carbocycles. The fraction of sp³-hybridized carbons (Fsp3) is 0.500. The highest BCUT2D eigenvalue weighted by Gasteiger charge is 2.36. The average Bonchev–Trinajstić information content (AvgIpc) is 3.26. The van der Waals surface area contributed by atoms with Gasteiger partial charge in [0.1, 0.15) is 35.1 Å². The molecule has 2 heterocycles. The molecule has 2 aromatic heterocycles. The van der Waals surface area contributed by atoms with Crippen molar-refractivity contribution < 1.29 is 27.4 Å². The smallest absolute Gasteiger partial charge is 0.243 e. The quantitative estimate of drug-likeness (QED) is 0.348. The average molecular weight is 535 g/mol. The number of benzene rings is 1. The molecule has 12 nitrogen and oxygen atoms in total. The SMILES string of the molecule is CCOCc1nnc(NS(=O)(=O)[C@@H](C)[C@@H](OC(C)C)c2ncc(C)cn2)n1-c1c(OC)cccc1OC. The molecule has 0 amide bonds. The largest absolute Gasteiger partial charge is 0.494 e. The number of aryl methyl sites for hydroxylation is 1. The lowest BCUT2D eigenvalue weighted by atomic mass is 10.2. The first kappa shape index (κ1) is 28.3. The number of nitrogens with zero attached hydrogens (tertiary/aromatic N) is 5. The Morgan fingerprint density at radius 1 is 1.03 bits per heavy atom. The lowest BCUT2D eigenvalue weighted by Crippen LogP contribution is -2.35. The number of methoxy groups -OCH3 is 2. The third-order valence-electron chi connectivity index (χ3n) is 5.41. The second-order valence-corrected chi connectivity index (χ2v) is 10.5. The summed E-state index contributed by atoms with van der Waals surface area (Å²) in [5.41, 5.74) is 1.27. The summed E-state index contributed by atoms with van der Waals surface area (Å²) in [5, 5.41) is 7.22. The molecule has 3 aromatic rings. The van der Waals surface area contributed by atoms with E-state index in [4.69, 9.17) is 18.9 Å². The van der Waals surface area contributed by atoms with Crippen LogP contribution in [0.4, 0.5) is 5.95 Å². The Labute approximate surface area is 217 Å². The fourth-order valence-electron chi connectivity index (χ4n) is 3.56. The van der Waals surface area contributed by atoms with Gasteiger partial charge in [-0.1, -0.05) is 6.07 Å². The minimum atomic E-state index is -4.09. The first-order valence-electron chi connectivity index (χ1n) is 11.8. The fourth-order valence-corrected chi connectivity index (χ4v) is 4.65. The summed E-state index contributed by atoms with van der Waals surface area (Å²) in [6, 6.07) is 5.21. The van der Waals surface area contributed by atoms with Gasteiger partial charge in [0, 0.05) is 19.0 Å². The monoisotopic (exact) mass is 534 g/mol. The van der Waals surface area contributed by atoms with Gasteiger partial charge in [0.05, 0.1) is 20.3 Å². The second kappa shape index (κ2) is 12.3. The van der Waals surface area contributed by atoms with Crippen LogP contribution >= 0.6 is 0 Å². The molecule has 2 atom stereocenters. The van der Waals surface area contributed by atoms with Gasteiger partial charge >= 0.3 is 0 Å². The number of sulfonamides is 1. The number of ether oxygens (including phenoxy) is 4. The van der Waals surface area contributed by atoms with Gasteiger partial charge in [0.25, 0.3) is 0 Å². The molecule has 0 saturated heterocycles. The van der Waals surface area contributed by atoms with E-state index < -0.39 is 21.4 Å². The van der Waals surface area contributed by atoms with Crippen LogP contribution < -0.4 is 14.2 Å². The zero-order valence-corrected chi connectivity index (χ0v) is 22.9. The molecule has 0 spiro atoms. The van der Waals surface area contributed by atoms with Crippen LogP contribution in [0, 0.1) is 6.92 Å². The van der Waals surface area contributed by atoms with Crippen molar-refractivity contribution >= 4 is 16.0 Å². The van der Waals surface area contributed by atoms with Crippen molar-refractivity contribution in [3.63, 3.8) is 0 Å². The van der Waals surface area contributed by atoms with Crippen LogP contribution in [-0.4, -0.2) is 65.3 Å². The van der Waals surface area contributed by atoms with Gasteiger partial charge < -0.3 is 18.9 Å². The summed E-state index contributed by atoms with van der Waals surface area (Å²) in [5.74, 6) is 1.42. The molecular weight excluding hydrogens is 500 g/mol. The van der Waals surface area contributed by atoms with E-state index in [1.807, 2.05) is 27.7 Å². The van der Waals surface area contributed by atoms with Gasteiger partial charge in [-0.05, 0) is 52.3 Å². The molecule has 13 heteroatoms. The van der Waals surface area contributed by atoms with Crippen molar-refractivity contribution in [3.05, 3.63) is 47.8 Å². The molecule has 1 N–H and O–H groups in total. The summed E-state index contributed by atoms with van der Waals surface area (Å²) in [7, 11) is -1.08. The van der Waals surface area contributed by atoms with E-state index in [0.717, 1.165) is 5.56 Å². The molecule has 0 aliphatic heterocycles. The van der Waals surface area contributed by atoms with Crippen LogP contribution in [0.1, 0.15) is 51.0 Å². The third kappa shape index (κ3) is 6.53. The van der Waals surface area contributed by atoms with E-state index in [9.17, 15) is 8.42 Å². The Kier molecular flexibility index (Phi) is 9.40. The number of hydrogen-bond acceptors (Lipinski definition) is 10. The minimum Gasteiger partial charge on any atom is -0.494 e. The lowest BCUT2D eigenvalue weighted by Gasteiger charge is -2.25. The van der Waals surface area contributed by atoms with Crippen molar-refractivity contribution in [1.82, 2.24) is 24.7 Å². The van der Waals surface area contributed by atoms with Crippen LogP contribution in [0.2, 0.25) is 0 Å². The van der Waals surface area contributed by atoms with Crippen molar-refractivity contribution in [2.45, 2.75) is 58.7 Å². The van der Waals surface area contributed by atoms with Crippen LogP contribution in [0.15, 0.2) is 30.6 Å². The maximum atomic E-state index is 13.7. The molecule has 37 heavy (non-hydrogen) atoms. The van der Waals surface area contributed by atoms with Gasteiger partial charge in [-0.2, -0.15) is 0 Å². The summed E-state index contributed by atoms with van der Waals surface area (Å²) >= 11 is 0. The van der Waals surface area contributed by atoms with Gasteiger partial charge in [0.2, 0.25) is 16.0 Å². The van der Waals surface area contributed by atoms with Crippen molar-refractivity contribution in [2.75, 3.05) is 25.5 Å². The van der Waals surface area contributed by atoms with Crippen LogP contribution in [0.25, 0.3) is 5.69 Å². The standard InChI is InChI=1S/C24H34N6O6S/c1-8-35-14-20-27-28-24(30(20)21-18(33-6)10-9-11-19(21)34-7)29-37(31,32)17(5)22(36-15(2)3)23-25-12-16(4)13-26-23/h9-13,15,17,22H,8,14H2,1-7H3,(H,28,29)/t17-,22+/m0/s1. The molecule has 1 aromatic carbocycles. The van der Waals surface area contributed by atoms with Crippen LogP contribution in [0.3, 0.4) is 0 Å². The van der Waals surface area contributed by atoms with E-state index >= 15 is 0 Å². The minimum absolute atomic E-state index is 0.0579. The maximum Gasteiger partial charge on any atom is 0.243 e. The summed E-state index contributed by atoms with van der Waals surface area (Å²) < 4.78 is 54.0. The second-order valence-electron chi connectivity index (χ2n) is 8.50. The van der Waals surface area contributed by atoms with Crippen molar-refractivity contribution in [3.8, 4) is 17.2 Å². The molecule has 0 unspecified atom stereocenters. The Bertz CT molecular complexity index is 1260. The first-order valence-corrected chi connectivity index (χ1v) is 13.4. The third-order valence-corrected chi connectivity index (χ3v) is 7.11. The predicted octanol–water partition coefficient (Wildman–Crippen LogP) is 3.22. The van der Waals surface area contributed by atoms with Crippen LogP contribution in [0.5, 0.6) is 11.5 Å². The van der Waals surface area contributed by atoms with E-state index in [1.165, 1.54) is 25.7 Å². The normalized spacial score (nSPS) is 13.4. The number of aromatic nitrogens is 5. The Hall–Kier alpha value is -3.29. The van der Waals surface area contributed by atoms with E-state index in [0.29, 0.717) is 29.6 Å². The summed E-state index contributed by atoms with van der Waals surface area (Å²) in [6.45, 7) is 9.37. The zero-order chi connectivity index (χ0) is 27.2. The topological polar surface area (TPSA) is 140 Å². The Balaban J connectivity index is 2.07. The Morgan fingerprint density at radius 2 is 1.65 bits per heavy atom. The van der Waals surface area contributed by atoms with E-state index in [2.05, 4.69) is 24.9 Å². The number of nitrogens with one attached hydrogen (secondary N) is 1. The van der Waals surface area contributed by atoms with Gasteiger partial charge in [-0.3, -0.25) is 9.29 Å². The summed E-state index contributed by atoms with van der Waals surface area (Å²) in [6.07, 6.45) is 2.04.